The van der Waals surface area contributed by atoms with E-state index in [2.05, 4.69) is 25.7 Å². The second kappa shape index (κ2) is 13.8. The third-order valence-corrected chi connectivity index (χ3v) is 8.61. The molecule has 0 unspecified atom stereocenters. The van der Waals surface area contributed by atoms with Crippen LogP contribution in [0, 0.1) is 24.5 Å². The maximum atomic E-state index is 14.9. The molecule has 0 bridgehead atoms. The largest absolute Gasteiger partial charge is 0.480 e. The number of nitrogens with zero attached hydrogens (tertiary/aromatic N) is 3. The summed E-state index contributed by atoms with van der Waals surface area (Å²) in [6.45, 7) is 14.4. The van der Waals surface area contributed by atoms with Crippen molar-refractivity contribution in [1.82, 2.24) is 14.7 Å². The minimum Gasteiger partial charge on any atom is -0.480 e. The number of carbonyl (C=O) groups is 2. The first-order valence-corrected chi connectivity index (χ1v) is 13.8. The molecule has 0 aliphatic carbocycles. The van der Waals surface area contributed by atoms with Crippen molar-refractivity contribution in [1.29, 1.82) is 0 Å². The average Bonchev–Trinajstić information content (AvgIpc) is 3.30. The van der Waals surface area contributed by atoms with Crippen LogP contribution < -0.4 is 0 Å². The molecule has 41 heavy (non-hydrogen) atoms. The molecule has 2 aliphatic rings. The van der Waals surface area contributed by atoms with E-state index in [0.29, 0.717) is 38.3 Å². The smallest absolute Gasteiger partial charge is 0.321 e. The Morgan fingerprint density at radius 1 is 0.976 bits per heavy atom. The standard InChI is InChI=1S/C31H41F2N3O3.2ClH/c1-19-7-9-22(10-8-19)21(3)28(30(38)39)34-13-14-36(20(2)16-34)29(37)26-18-35(31(4,5)6)17-25(26)24-12-11-23(32)15-27(24)33;;/h7-12,15,20-21,25-26,28H,13-14,16-18H2,1-6H3,(H,38,39);2*1H/t20-,21+,25-,26+,28-;;/m0../s1. The van der Waals surface area contributed by atoms with Crippen LogP contribution in [0.1, 0.15) is 63.1 Å². The molecule has 0 radical (unpaired) electrons. The van der Waals surface area contributed by atoms with Gasteiger partial charge in [0.2, 0.25) is 5.91 Å². The van der Waals surface area contributed by atoms with Crippen molar-refractivity contribution < 1.29 is 23.5 Å². The van der Waals surface area contributed by atoms with Gasteiger partial charge in [0.1, 0.15) is 17.7 Å². The molecule has 2 fully saturated rings. The van der Waals surface area contributed by atoms with Crippen LogP contribution in [0.5, 0.6) is 0 Å². The number of carbonyl (C=O) groups excluding carboxylic acids is 1. The number of hydrogen-bond acceptors (Lipinski definition) is 4. The fraction of sp³-hybridized carbons (Fsp3) is 0.548. The van der Waals surface area contributed by atoms with Crippen molar-refractivity contribution >= 4 is 36.7 Å². The number of rotatable bonds is 6. The third-order valence-electron chi connectivity index (χ3n) is 8.61. The molecule has 0 saturated carbocycles. The van der Waals surface area contributed by atoms with E-state index in [-0.39, 0.29) is 48.2 Å². The lowest BCUT2D eigenvalue weighted by atomic mass is 9.86. The van der Waals surface area contributed by atoms with E-state index >= 15 is 0 Å². The van der Waals surface area contributed by atoms with E-state index in [9.17, 15) is 23.5 Å². The topological polar surface area (TPSA) is 64.1 Å². The molecular weight excluding hydrogens is 571 g/mol. The number of piperazine rings is 1. The van der Waals surface area contributed by atoms with E-state index in [1.54, 1.807) is 0 Å². The van der Waals surface area contributed by atoms with Gasteiger partial charge in [0.25, 0.3) is 0 Å². The Bertz CT molecular complexity index is 1210. The molecule has 2 aliphatic heterocycles. The molecule has 0 spiro atoms. The molecule has 2 heterocycles. The first kappa shape index (κ1) is 34.9. The first-order chi connectivity index (χ1) is 18.3. The van der Waals surface area contributed by atoms with Gasteiger partial charge in [0.05, 0.1) is 5.92 Å². The van der Waals surface area contributed by atoms with Crippen molar-refractivity contribution in [3.05, 3.63) is 70.8 Å². The molecule has 5 atom stereocenters. The Balaban J connectivity index is 0.00000294. The monoisotopic (exact) mass is 613 g/mol. The normalized spacial score (nSPS) is 23.3. The van der Waals surface area contributed by atoms with Gasteiger partial charge in [0.15, 0.2) is 0 Å². The number of hydrogen-bond donors (Lipinski definition) is 1. The van der Waals surface area contributed by atoms with E-state index in [1.807, 2.05) is 54.8 Å². The highest BCUT2D eigenvalue weighted by molar-refractivity contribution is 5.85. The lowest BCUT2D eigenvalue weighted by molar-refractivity contribution is -0.147. The second-order valence-electron chi connectivity index (χ2n) is 12.3. The fourth-order valence-electron chi connectivity index (χ4n) is 6.24. The van der Waals surface area contributed by atoms with Crippen molar-refractivity contribution in [3.63, 3.8) is 0 Å². The predicted molar refractivity (Wildman–Crippen MR) is 162 cm³/mol. The third kappa shape index (κ3) is 7.58. The highest BCUT2D eigenvalue weighted by Crippen LogP contribution is 2.39. The lowest BCUT2D eigenvalue weighted by Gasteiger charge is -2.44. The second-order valence-corrected chi connectivity index (χ2v) is 12.3. The Labute approximate surface area is 254 Å². The van der Waals surface area contributed by atoms with Crippen molar-refractivity contribution in [3.8, 4) is 0 Å². The molecule has 228 valence electrons. The molecule has 1 amide bonds. The number of halogens is 4. The van der Waals surface area contributed by atoms with Gasteiger partial charge in [-0.25, -0.2) is 8.78 Å². The summed E-state index contributed by atoms with van der Waals surface area (Å²) in [5, 5.41) is 10.2. The van der Waals surface area contributed by atoms with E-state index in [1.165, 1.54) is 12.1 Å². The zero-order chi connectivity index (χ0) is 28.6. The van der Waals surface area contributed by atoms with Crippen molar-refractivity contribution in [2.75, 3.05) is 32.7 Å². The van der Waals surface area contributed by atoms with E-state index in [0.717, 1.165) is 17.2 Å². The maximum absolute atomic E-state index is 14.9. The van der Waals surface area contributed by atoms with Crippen LogP contribution in [0.15, 0.2) is 42.5 Å². The number of amides is 1. The van der Waals surface area contributed by atoms with Gasteiger partial charge in [-0.1, -0.05) is 42.8 Å². The quantitative estimate of drug-likeness (QED) is 0.451. The van der Waals surface area contributed by atoms with Gasteiger partial charge in [0, 0.05) is 62.2 Å². The number of aliphatic carboxylic acids is 1. The molecule has 0 aromatic heterocycles. The van der Waals surface area contributed by atoms with Crippen LogP contribution >= 0.6 is 24.8 Å². The fourth-order valence-corrected chi connectivity index (χ4v) is 6.24. The molecule has 1 N–H and O–H groups in total. The zero-order valence-electron chi connectivity index (χ0n) is 24.6. The minimum atomic E-state index is -0.876. The van der Waals surface area contributed by atoms with Crippen LogP contribution in [0.4, 0.5) is 8.78 Å². The number of aryl methyl sites for hydroxylation is 1. The summed E-state index contributed by atoms with van der Waals surface area (Å²) >= 11 is 0. The van der Waals surface area contributed by atoms with E-state index in [4.69, 9.17) is 0 Å². The highest BCUT2D eigenvalue weighted by atomic mass is 35.5. The zero-order valence-corrected chi connectivity index (χ0v) is 26.3. The summed E-state index contributed by atoms with van der Waals surface area (Å²) in [5.41, 5.74) is 2.24. The number of likely N-dealkylation sites (tertiary alicyclic amines) is 1. The average molecular weight is 615 g/mol. The van der Waals surface area contributed by atoms with Crippen LogP contribution in [-0.4, -0.2) is 82.0 Å². The van der Waals surface area contributed by atoms with Gasteiger partial charge in [-0.3, -0.25) is 19.4 Å². The van der Waals surface area contributed by atoms with Crippen LogP contribution in [0.3, 0.4) is 0 Å². The lowest BCUT2D eigenvalue weighted by Crippen LogP contribution is -2.60. The molecule has 6 nitrogen and oxygen atoms in total. The summed E-state index contributed by atoms with van der Waals surface area (Å²) in [6.07, 6.45) is 0. The number of carboxylic acid groups (broad SMARTS) is 1. The highest BCUT2D eigenvalue weighted by Gasteiger charge is 2.46. The Morgan fingerprint density at radius 2 is 1.61 bits per heavy atom. The summed E-state index contributed by atoms with van der Waals surface area (Å²) in [4.78, 5) is 32.4. The van der Waals surface area contributed by atoms with Crippen LogP contribution in [0.2, 0.25) is 0 Å². The summed E-state index contributed by atoms with van der Waals surface area (Å²) in [7, 11) is 0. The number of benzene rings is 2. The molecule has 4 rings (SSSR count). The first-order valence-electron chi connectivity index (χ1n) is 13.8. The minimum absolute atomic E-state index is 0. The van der Waals surface area contributed by atoms with Gasteiger partial charge in [-0.15, -0.1) is 24.8 Å². The van der Waals surface area contributed by atoms with Gasteiger partial charge in [-0.05, 0) is 51.8 Å². The Hall–Kier alpha value is -2.26. The molecule has 10 heteroatoms. The summed E-state index contributed by atoms with van der Waals surface area (Å²) in [6, 6.07) is 10.6. The van der Waals surface area contributed by atoms with Crippen molar-refractivity contribution in [2.24, 2.45) is 5.92 Å². The molecule has 2 saturated heterocycles. The predicted octanol–water partition coefficient (Wildman–Crippen LogP) is 5.72. The summed E-state index contributed by atoms with van der Waals surface area (Å²) in [5.74, 6) is -3.28. The van der Waals surface area contributed by atoms with E-state index < -0.39 is 35.5 Å². The molecule has 2 aromatic carbocycles. The van der Waals surface area contributed by atoms with Crippen molar-refractivity contribution in [2.45, 2.75) is 71.0 Å². The summed E-state index contributed by atoms with van der Waals surface area (Å²) < 4.78 is 28.6. The molecule has 2 aromatic rings. The SMILES string of the molecule is Cc1ccc([C@@H](C)[C@@H](C(=O)O)N2CCN(C(=O)[C@@H]3CN(C(C)(C)C)C[C@H]3c3ccc(F)cc3F)[C@@H](C)C2)cc1.Cl.Cl. The van der Waals surface area contributed by atoms with Crippen LogP contribution in [-0.2, 0) is 9.59 Å². The Morgan fingerprint density at radius 3 is 2.15 bits per heavy atom. The maximum Gasteiger partial charge on any atom is 0.321 e. The number of carboxylic acids is 1. The Kier molecular flexibility index (Phi) is 11.8. The van der Waals surface area contributed by atoms with Crippen LogP contribution in [0.25, 0.3) is 0 Å². The van der Waals surface area contributed by atoms with Gasteiger partial charge in [-0.2, -0.15) is 0 Å². The van der Waals surface area contributed by atoms with Gasteiger partial charge < -0.3 is 10.0 Å². The van der Waals surface area contributed by atoms with Gasteiger partial charge >= 0.3 is 5.97 Å². The molecular formula is C31H43Cl2F2N3O3.